The van der Waals surface area contributed by atoms with Crippen molar-refractivity contribution < 1.29 is 4.74 Å². The largest absolute Gasteiger partial charge is 0.497 e. The fourth-order valence-electron chi connectivity index (χ4n) is 3.68. The Bertz CT molecular complexity index is 692. The Morgan fingerprint density at radius 3 is 2.64 bits per heavy atom. The number of hydrogen-bond acceptors (Lipinski definition) is 4. The second-order valence-electron chi connectivity index (χ2n) is 7.02. The molecule has 0 spiro atoms. The molecule has 2 heterocycles. The summed E-state index contributed by atoms with van der Waals surface area (Å²) < 4.78 is 7.37. The third-order valence-electron chi connectivity index (χ3n) is 5.32. The van der Waals surface area contributed by atoms with Crippen molar-refractivity contribution in [1.29, 1.82) is 0 Å². The van der Waals surface area contributed by atoms with Crippen molar-refractivity contribution in [3.05, 3.63) is 46.8 Å². The van der Waals surface area contributed by atoms with E-state index in [-0.39, 0.29) is 0 Å². The molecule has 1 aromatic carbocycles. The molecule has 5 nitrogen and oxygen atoms in total. The second-order valence-corrected chi connectivity index (χ2v) is 7.02. The Hall–Kier alpha value is -1.85. The highest BCUT2D eigenvalue weighted by atomic mass is 16.5. The van der Waals surface area contributed by atoms with Crippen molar-refractivity contribution in [2.24, 2.45) is 0 Å². The number of ether oxygens (including phenoxy) is 1. The van der Waals surface area contributed by atoms with Gasteiger partial charge < -0.3 is 10.1 Å². The van der Waals surface area contributed by atoms with Crippen LogP contribution in [0, 0.1) is 13.8 Å². The molecule has 0 bridgehead atoms. The van der Waals surface area contributed by atoms with Gasteiger partial charge in [0.1, 0.15) is 5.75 Å². The van der Waals surface area contributed by atoms with Crippen LogP contribution in [0.1, 0.15) is 35.4 Å². The van der Waals surface area contributed by atoms with E-state index in [1.807, 2.05) is 12.1 Å². The monoisotopic (exact) mass is 342 g/mol. The minimum atomic E-state index is 0.615. The Kier molecular flexibility index (Phi) is 5.76. The number of hydrogen-bond donors (Lipinski definition) is 1. The van der Waals surface area contributed by atoms with E-state index < -0.39 is 0 Å². The van der Waals surface area contributed by atoms with Gasteiger partial charge in [0.25, 0.3) is 0 Å². The highest BCUT2D eigenvalue weighted by Crippen LogP contribution is 2.20. The van der Waals surface area contributed by atoms with E-state index in [4.69, 9.17) is 9.84 Å². The SMILES string of the molecule is CNC1CCCN(Cc2c(C)nn(Cc3ccc(OC)cc3)c2C)C1. The Morgan fingerprint density at radius 1 is 1.20 bits per heavy atom. The summed E-state index contributed by atoms with van der Waals surface area (Å²) in [5.74, 6) is 0.891. The number of likely N-dealkylation sites (N-methyl/N-ethyl adjacent to an activating group) is 1. The zero-order valence-electron chi connectivity index (χ0n) is 15.9. The average Bonchev–Trinajstić information content (AvgIpc) is 2.90. The van der Waals surface area contributed by atoms with Crippen molar-refractivity contribution in [1.82, 2.24) is 20.0 Å². The standard InChI is InChI=1S/C20H30N4O/c1-15-20(14-23-11-5-6-18(13-23)21-3)16(2)24(22-15)12-17-7-9-19(25-4)10-8-17/h7-10,18,21H,5-6,11-14H2,1-4H3. The Morgan fingerprint density at radius 2 is 1.96 bits per heavy atom. The summed E-state index contributed by atoms with van der Waals surface area (Å²) in [6.07, 6.45) is 2.55. The van der Waals surface area contributed by atoms with Gasteiger partial charge in [0.05, 0.1) is 19.3 Å². The van der Waals surface area contributed by atoms with E-state index in [0.29, 0.717) is 6.04 Å². The Balaban J connectivity index is 1.71. The van der Waals surface area contributed by atoms with Gasteiger partial charge >= 0.3 is 0 Å². The van der Waals surface area contributed by atoms with Crippen LogP contribution in [0.25, 0.3) is 0 Å². The molecule has 136 valence electrons. The maximum Gasteiger partial charge on any atom is 0.118 e. The lowest BCUT2D eigenvalue weighted by Crippen LogP contribution is -2.44. The molecule has 1 aliphatic heterocycles. The van der Waals surface area contributed by atoms with Crippen molar-refractivity contribution in [2.45, 2.75) is 45.8 Å². The molecule has 1 fully saturated rings. The number of likely N-dealkylation sites (tertiary alicyclic amines) is 1. The maximum absolute atomic E-state index is 5.24. The summed E-state index contributed by atoms with van der Waals surface area (Å²) >= 11 is 0. The molecular weight excluding hydrogens is 312 g/mol. The third kappa shape index (κ3) is 4.22. The molecule has 5 heteroatoms. The highest BCUT2D eigenvalue weighted by Gasteiger charge is 2.21. The zero-order valence-corrected chi connectivity index (χ0v) is 15.9. The van der Waals surface area contributed by atoms with Gasteiger partial charge in [0.15, 0.2) is 0 Å². The average molecular weight is 342 g/mol. The number of aryl methyl sites for hydroxylation is 1. The number of benzene rings is 1. The topological polar surface area (TPSA) is 42.3 Å². The molecule has 0 saturated carbocycles. The number of nitrogens with zero attached hydrogens (tertiary/aromatic N) is 3. The van der Waals surface area contributed by atoms with Crippen LogP contribution in [0.4, 0.5) is 0 Å². The fourth-order valence-corrected chi connectivity index (χ4v) is 3.68. The molecular formula is C20H30N4O. The zero-order chi connectivity index (χ0) is 17.8. The van der Waals surface area contributed by atoms with E-state index in [1.165, 1.54) is 36.2 Å². The third-order valence-corrected chi connectivity index (χ3v) is 5.32. The van der Waals surface area contributed by atoms with Gasteiger partial charge in [-0.1, -0.05) is 12.1 Å². The van der Waals surface area contributed by atoms with Gasteiger partial charge in [-0.2, -0.15) is 5.10 Å². The van der Waals surface area contributed by atoms with Crippen molar-refractivity contribution in [3.8, 4) is 5.75 Å². The molecule has 0 radical (unpaired) electrons. The summed E-state index contributed by atoms with van der Waals surface area (Å²) in [5.41, 5.74) is 5.05. The Labute approximate surface area is 151 Å². The van der Waals surface area contributed by atoms with Crippen LogP contribution >= 0.6 is 0 Å². The second kappa shape index (κ2) is 8.02. The minimum Gasteiger partial charge on any atom is -0.497 e. The number of piperidine rings is 1. The molecule has 2 aromatic rings. The van der Waals surface area contributed by atoms with Crippen LogP contribution in [0.2, 0.25) is 0 Å². The van der Waals surface area contributed by atoms with Crippen LogP contribution in [-0.4, -0.2) is 48.0 Å². The van der Waals surface area contributed by atoms with Gasteiger partial charge in [-0.05, 0) is 58.0 Å². The first-order valence-corrected chi connectivity index (χ1v) is 9.16. The van der Waals surface area contributed by atoms with E-state index in [1.54, 1.807) is 7.11 Å². The molecule has 0 amide bonds. The molecule has 1 saturated heterocycles. The van der Waals surface area contributed by atoms with Crippen LogP contribution in [0.5, 0.6) is 5.75 Å². The van der Waals surface area contributed by atoms with E-state index in [2.05, 4.69) is 47.9 Å². The normalized spacial score (nSPS) is 18.5. The van der Waals surface area contributed by atoms with Crippen LogP contribution < -0.4 is 10.1 Å². The van der Waals surface area contributed by atoms with E-state index in [9.17, 15) is 0 Å². The summed E-state index contributed by atoms with van der Waals surface area (Å²) in [6.45, 7) is 8.43. The van der Waals surface area contributed by atoms with Gasteiger partial charge in [-0.15, -0.1) is 0 Å². The molecule has 0 aliphatic carbocycles. The molecule has 1 N–H and O–H groups in total. The molecule has 25 heavy (non-hydrogen) atoms. The van der Waals surface area contributed by atoms with Gasteiger partial charge in [-0.3, -0.25) is 9.58 Å². The number of methoxy groups -OCH3 is 1. The van der Waals surface area contributed by atoms with E-state index >= 15 is 0 Å². The minimum absolute atomic E-state index is 0.615. The highest BCUT2D eigenvalue weighted by molar-refractivity contribution is 5.29. The summed E-state index contributed by atoms with van der Waals surface area (Å²) in [4.78, 5) is 2.55. The van der Waals surface area contributed by atoms with Gasteiger partial charge in [0.2, 0.25) is 0 Å². The number of aromatic nitrogens is 2. The van der Waals surface area contributed by atoms with Crippen LogP contribution in [0.15, 0.2) is 24.3 Å². The molecule has 3 rings (SSSR count). The quantitative estimate of drug-likeness (QED) is 0.876. The molecule has 1 aliphatic rings. The predicted molar refractivity (Wildman–Crippen MR) is 101 cm³/mol. The first kappa shape index (κ1) is 18.0. The maximum atomic E-state index is 5.24. The summed E-state index contributed by atoms with van der Waals surface area (Å²) in [5, 5.41) is 8.22. The van der Waals surface area contributed by atoms with Gasteiger partial charge in [0, 0.05) is 30.4 Å². The first-order valence-electron chi connectivity index (χ1n) is 9.16. The number of nitrogens with one attached hydrogen (secondary N) is 1. The molecule has 1 unspecified atom stereocenters. The van der Waals surface area contributed by atoms with Crippen molar-refractivity contribution in [3.63, 3.8) is 0 Å². The first-order chi connectivity index (χ1) is 12.1. The predicted octanol–water partition coefficient (Wildman–Crippen LogP) is 2.74. The summed E-state index contributed by atoms with van der Waals surface area (Å²) in [7, 11) is 3.76. The van der Waals surface area contributed by atoms with Crippen LogP contribution in [-0.2, 0) is 13.1 Å². The summed E-state index contributed by atoms with van der Waals surface area (Å²) in [6, 6.07) is 8.85. The lowest BCUT2D eigenvalue weighted by molar-refractivity contribution is 0.187. The lowest BCUT2D eigenvalue weighted by atomic mass is 10.0. The number of rotatable bonds is 6. The van der Waals surface area contributed by atoms with Crippen molar-refractivity contribution in [2.75, 3.05) is 27.2 Å². The fraction of sp³-hybridized carbons (Fsp3) is 0.550. The molecule has 1 atom stereocenters. The molecule has 1 aromatic heterocycles. The van der Waals surface area contributed by atoms with Gasteiger partial charge in [-0.25, -0.2) is 0 Å². The van der Waals surface area contributed by atoms with E-state index in [0.717, 1.165) is 31.1 Å². The van der Waals surface area contributed by atoms with Crippen LogP contribution in [0.3, 0.4) is 0 Å². The lowest BCUT2D eigenvalue weighted by Gasteiger charge is -2.32. The van der Waals surface area contributed by atoms with Crippen molar-refractivity contribution >= 4 is 0 Å². The smallest absolute Gasteiger partial charge is 0.118 e.